The summed E-state index contributed by atoms with van der Waals surface area (Å²) in [5.74, 6) is -0.733. The first-order valence-electron chi connectivity index (χ1n) is 10.5. The Morgan fingerprint density at radius 3 is 2.49 bits per heavy atom. The molecule has 0 bridgehead atoms. The van der Waals surface area contributed by atoms with Crippen molar-refractivity contribution in [3.8, 4) is 0 Å². The van der Waals surface area contributed by atoms with Crippen LogP contribution in [-0.4, -0.2) is 63.7 Å². The van der Waals surface area contributed by atoms with Crippen molar-refractivity contribution in [1.82, 2.24) is 20.2 Å². The molecule has 2 atom stereocenters. The van der Waals surface area contributed by atoms with Crippen molar-refractivity contribution in [2.45, 2.75) is 17.4 Å². The largest absolute Gasteiger partial charge is 0.396 e. The van der Waals surface area contributed by atoms with Crippen LogP contribution in [0.25, 0.3) is 10.8 Å². The molecule has 1 fully saturated rings. The zero-order valence-electron chi connectivity index (χ0n) is 18.4. The molecule has 10 nitrogen and oxygen atoms in total. The van der Waals surface area contributed by atoms with Crippen LogP contribution in [0.5, 0.6) is 0 Å². The van der Waals surface area contributed by atoms with Crippen molar-refractivity contribution < 1.29 is 23.5 Å². The van der Waals surface area contributed by atoms with Gasteiger partial charge in [-0.15, -0.1) is 0 Å². The van der Waals surface area contributed by atoms with Gasteiger partial charge in [0.1, 0.15) is 0 Å². The summed E-state index contributed by atoms with van der Waals surface area (Å²) in [6.45, 7) is 0.590. The Morgan fingerprint density at radius 1 is 1.20 bits per heavy atom. The van der Waals surface area contributed by atoms with E-state index in [1.54, 1.807) is 21.6 Å². The lowest BCUT2D eigenvalue weighted by atomic mass is 9.94. The fraction of sp³-hybridized carbons (Fsp3) is 0.273. The van der Waals surface area contributed by atoms with Crippen LogP contribution in [0.15, 0.2) is 59.8 Å². The molecule has 1 aliphatic rings. The zero-order chi connectivity index (χ0) is 25.4. The Morgan fingerprint density at radius 2 is 1.86 bits per heavy atom. The van der Waals surface area contributed by atoms with Crippen LogP contribution in [0, 0.1) is 5.92 Å². The lowest BCUT2D eigenvalue weighted by molar-refractivity contribution is 0.0705. The normalized spacial score (nSPS) is 17.9. The molecule has 2 aromatic carbocycles. The van der Waals surface area contributed by atoms with Crippen molar-refractivity contribution in [2.24, 2.45) is 5.92 Å². The van der Waals surface area contributed by atoms with Gasteiger partial charge < -0.3 is 10.0 Å². The average Bonchev–Trinajstić information content (AvgIpc) is 2.88. The number of carbonyl (C=O) groups excluding carboxylic acids is 1. The second-order valence-electron chi connectivity index (χ2n) is 7.72. The maximum atomic E-state index is 13.0. The summed E-state index contributed by atoms with van der Waals surface area (Å²) in [5, 5.41) is 20.4. The number of hydrogen-bond donors (Lipinski definition) is 4. The van der Waals surface area contributed by atoms with Gasteiger partial charge in [0.05, 0.1) is 10.5 Å². The molecule has 4 N–H and O–H groups in total. The smallest absolute Gasteiger partial charge is 0.277 e. The van der Waals surface area contributed by atoms with E-state index in [0.29, 0.717) is 25.5 Å². The zero-order valence-corrected chi connectivity index (χ0v) is 22.2. The van der Waals surface area contributed by atoms with Gasteiger partial charge in [-0.25, -0.2) is 28.6 Å². The number of aliphatic hydroxyl groups excluding tert-OH is 1. The Labute approximate surface area is 221 Å². The molecular weight excluding hydrogens is 605 g/mol. The molecule has 1 saturated heterocycles. The second-order valence-corrected chi connectivity index (χ2v) is 11.1. The van der Waals surface area contributed by atoms with Crippen LogP contribution in [-0.2, 0) is 10.0 Å². The molecule has 4 rings (SSSR count). The molecular formula is C22H24IN5O5S2. The molecule has 2 heterocycles. The molecule has 1 aliphatic heterocycles. The number of aliphatic hydroxyl groups is 1. The number of nitrogens with one attached hydrogen (secondary N) is 2. The minimum atomic E-state index is -3.77. The van der Waals surface area contributed by atoms with Gasteiger partial charge in [-0.3, -0.25) is 10.0 Å². The molecule has 3 aromatic rings. The van der Waals surface area contributed by atoms with Gasteiger partial charge in [0.25, 0.3) is 5.91 Å². The number of hydroxylamine groups is 1. The fourth-order valence-electron chi connectivity index (χ4n) is 3.82. The highest BCUT2D eigenvalue weighted by Crippen LogP contribution is 2.24. The number of halogens is 1. The van der Waals surface area contributed by atoms with Gasteiger partial charge in [-0.05, 0) is 51.9 Å². The third kappa shape index (κ3) is 6.89. The number of fused-ring (bicyclic) bond motifs is 1. The highest BCUT2D eigenvalue weighted by Gasteiger charge is 2.33. The van der Waals surface area contributed by atoms with Crippen LogP contribution >= 0.6 is 34.8 Å². The van der Waals surface area contributed by atoms with E-state index in [2.05, 4.69) is 26.9 Å². The molecule has 0 spiro atoms. The molecule has 0 radical (unpaired) electrons. The predicted molar refractivity (Wildman–Crippen MR) is 144 cm³/mol. The molecule has 1 aromatic heterocycles. The number of nitrogens with zero attached hydrogens (tertiary/aromatic N) is 3. The van der Waals surface area contributed by atoms with E-state index in [9.17, 15) is 18.3 Å². The van der Waals surface area contributed by atoms with Crippen molar-refractivity contribution in [3.05, 3.63) is 60.4 Å². The van der Waals surface area contributed by atoms with Gasteiger partial charge in [0.15, 0.2) is 0 Å². The number of benzene rings is 2. The van der Waals surface area contributed by atoms with E-state index >= 15 is 0 Å². The number of hydrogen-bond acceptors (Lipinski definition) is 9. The lowest BCUT2D eigenvalue weighted by Crippen LogP contribution is -2.52. The summed E-state index contributed by atoms with van der Waals surface area (Å²) in [6.07, 6.45) is 3.02. The van der Waals surface area contributed by atoms with Crippen LogP contribution in [0.4, 0.5) is 5.95 Å². The predicted octanol–water partition coefficient (Wildman–Crippen LogP) is 2.29. The van der Waals surface area contributed by atoms with E-state index in [1.165, 1.54) is 17.9 Å². The Hall–Kier alpha value is -2.30. The third-order valence-corrected chi connectivity index (χ3v) is 7.08. The summed E-state index contributed by atoms with van der Waals surface area (Å²) < 4.78 is 30.3. The van der Waals surface area contributed by atoms with Gasteiger partial charge >= 0.3 is 0 Å². The summed E-state index contributed by atoms with van der Waals surface area (Å²) in [4.78, 5) is 21.7. The standard InChI is InChI=1S/C21H23N5O5S.CHIS/c27-13-17-12-26(21-22-10-16(11-23-21)20(28)24-29)8-7-19(17)25-32(30,31)18-6-5-14-3-1-2-4-15(14)9-18;2-1-3/h1-6,9-11,17,19,25,27,29H,7-8,12-13H2,(H,24,28);1H/t17-,19-;/m0./s1. The van der Waals surface area contributed by atoms with Gasteiger partial charge in [-0.2, -0.15) is 0 Å². The van der Waals surface area contributed by atoms with Crippen molar-refractivity contribution in [1.29, 1.82) is 0 Å². The minimum Gasteiger partial charge on any atom is -0.396 e. The highest BCUT2D eigenvalue weighted by atomic mass is 127. The number of sulfonamides is 1. The molecule has 1 amide bonds. The maximum absolute atomic E-state index is 13.0. The first-order chi connectivity index (χ1) is 16.8. The number of rotatable bonds is 6. The number of anilines is 1. The number of aromatic nitrogens is 2. The Balaban J connectivity index is 0.00000108. The lowest BCUT2D eigenvalue weighted by Gasteiger charge is -2.37. The number of amides is 1. The van der Waals surface area contributed by atoms with Crippen LogP contribution < -0.4 is 15.1 Å². The van der Waals surface area contributed by atoms with Crippen LogP contribution in [0.1, 0.15) is 16.8 Å². The van der Waals surface area contributed by atoms with Crippen molar-refractivity contribution >= 4 is 70.8 Å². The summed E-state index contributed by atoms with van der Waals surface area (Å²) in [5.41, 5.74) is 1.62. The van der Waals surface area contributed by atoms with Gasteiger partial charge in [0, 0.05) is 47.4 Å². The second kappa shape index (κ2) is 12.6. The Bertz CT molecular complexity index is 1280. The van der Waals surface area contributed by atoms with E-state index < -0.39 is 22.0 Å². The first kappa shape index (κ1) is 27.3. The molecule has 0 unspecified atom stereocenters. The SMILES string of the molecule is O=C(NO)c1cnc(N2CC[C@H](NS(=O)(=O)c3ccc4ccccc4c3)[C@H](CO)C2)nc1.S=CI. The molecule has 0 aliphatic carbocycles. The molecule has 13 heteroatoms. The first-order valence-corrected chi connectivity index (χ1v) is 13.7. The number of thiocarbonyl (C=S) groups is 1. The maximum Gasteiger partial charge on any atom is 0.277 e. The fourth-order valence-corrected chi connectivity index (χ4v) is 5.20. The van der Waals surface area contributed by atoms with Crippen molar-refractivity contribution in [3.63, 3.8) is 0 Å². The Kier molecular flexibility index (Phi) is 9.82. The minimum absolute atomic E-state index is 0.105. The van der Waals surface area contributed by atoms with E-state index in [0.717, 1.165) is 10.8 Å². The van der Waals surface area contributed by atoms with Gasteiger partial charge in [0.2, 0.25) is 16.0 Å². The molecule has 35 heavy (non-hydrogen) atoms. The number of carbonyl (C=O) groups is 1. The van der Waals surface area contributed by atoms with Gasteiger partial charge in [-0.1, -0.05) is 42.5 Å². The van der Waals surface area contributed by atoms with E-state index in [4.69, 9.17) is 5.21 Å². The van der Waals surface area contributed by atoms with E-state index in [-0.39, 0.29) is 23.0 Å². The topological polar surface area (TPSA) is 145 Å². The quantitative estimate of drug-likeness (QED) is 0.106. The summed E-state index contributed by atoms with van der Waals surface area (Å²) in [6, 6.07) is 12.1. The van der Waals surface area contributed by atoms with E-state index in [1.807, 2.05) is 51.8 Å². The van der Waals surface area contributed by atoms with Crippen LogP contribution in [0.3, 0.4) is 0 Å². The molecule has 186 valence electrons. The third-order valence-electron chi connectivity index (χ3n) is 5.59. The monoisotopic (exact) mass is 629 g/mol. The molecule has 0 saturated carbocycles. The number of piperidine rings is 1. The average molecular weight is 630 g/mol. The summed E-state index contributed by atoms with van der Waals surface area (Å²) >= 11 is 6.23. The van der Waals surface area contributed by atoms with Crippen LogP contribution in [0.2, 0.25) is 0 Å². The van der Waals surface area contributed by atoms with Crippen molar-refractivity contribution in [2.75, 3.05) is 24.6 Å². The summed E-state index contributed by atoms with van der Waals surface area (Å²) in [7, 11) is -3.77. The highest BCUT2D eigenvalue weighted by molar-refractivity contribution is 14.1.